The van der Waals surface area contributed by atoms with Crippen LogP contribution in [-0.2, 0) is 6.42 Å². The smallest absolute Gasteiger partial charge is 0.496 e. The van der Waals surface area contributed by atoms with E-state index in [1.54, 1.807) is 19.1 Å². The first-order chi connectivity index (χ1) is 9.25. The fourth-order valence-corrected chi connectivity index (χ4v) is 1.93. The molecule has 1 rings (SSSR count). The molecule has 0 saturated heterocycles. The Morgan fingerprint density at radius 2 is 1.90 bits per heavy atom. The molecule has 21 heavy (non-hydrogen) atoms. The van der Waals surface area contributed by atoms with E-state index in [0.29, 0.717) is 6.42 Å². The molecule has 0 bridgehead atoms. The van der Waals surface area contributed by atoms with Crippen molar-refractivity contribution in [1.29, 1.82) is 0 Å². The average Bonchev–Trinajstić information content (AvgIpc) is 2.38. The van der Waals surface area contributed by atoms with Gasteiger partial charge < -0.3 is 22.6 Å². The first-order valence-electron chi connectivity index (χ1n) is 6.45. The second-order valence-corrected chi connectivity index (χ2v) is 5.01. The number of likely N-dealkylation sites (N-methyl/N-ethyl adjacent to an activating group) is 1. The zero-order valence-electron chi connectivity index (χ0n) is 13.1. The maximum atomic E-state index is 12.5. The molecule has 1 atom stereocenters. The Labute approximate surface area is 167 Å². The summed E-state index contributed by atoms with van der Waals surface area (Å²) in [5.74, 6) is 0.756. The minimum Gasteiger partial charge on any atom is -0.496 e. The second kappa shape index (κ2) is 9.37. The summed E-state index contributed by atoms with van der Waals surface area (Å²) in [6.07, 6.45) is 0.624. The number of methoxy groups -OCH3 is 1. The van der Waals surface area contributed by atoms with Gasteiger partial charge in [-0.1, -0.05) is 18.2 Å². The fraction of sp³-hybridized carbons (Fsp3) is 0.429. The Hall–Kier alpha value is 0.211. The summed E-state index contributed by atoms with van der Waals surface area (Å²) in [6.45, 7) is -0.117. The number of ether oxygens (including phenoxy) is 1. The number of para-hydroxylation sites is 1. The van der Waals surface area contributed by atoms with Crippen LogP contribution in [0.25, 0.3) is 0 Å². The number of benzene rings is 1. The van der Waals surface area contributed by atoms with Gasteiger partial charge in [-0.15, -0.1) is 12.1 Å². The molecule has 1 aromatic rings. The molecule has 0 aromatic heterocycles. The summed E-state index contributed by atoms with van der Waals surface area (Å²) in [4.78, 5) is 1.66. The summed E-state index contributed by atoms with van der Waals surface area (Å²) in [5, 5.41) is 0. The van der Waals surface area contributed by atoms with Crippen LogP contribution < -0.4 is 56.1 Å². The van der Waals surface area contributed by atoms with Gasteiger partial charge >= 0.3 is 58.4 Å². The van der Waals surface area contributed by atoms with Crippen molar-refractivity contribution in [3.8, 4) is 5.75 Å². The van der Waals surface area contributed by atoms with E-state index in [1.807, 2.05) is 31.2 Å². The van der Waals surface area contributed by atoms with Crippen LogP contribution in [0.4, 0.5) is 12.9 Å². The average molecular weight is 325 g/mol. The van der Waals surface area contributed by atoms with Crippen LogP contribution in [0.3, 0.4) is 0 Å². The van der Waals surface area contributed by atoms with Crippen molar-refractivity contribution >= 4 is 6.98 Å². The van der Waals surface area contributed by atoms with Gasteiger partial charge in [-0.3, -0.25) is 0 Å². The van der Waals surface area contributed by atoms with Crippen molar-refractivity contribution in [1.82, 2.24) is 4.90 Å². The number of nitrogens with zero attached hydrogens (tertiary/aromatic N) is 1. The molecule has 0 aliphatic carbocycles. The summed E-state index contributed by atoms with van der Waals surface area (Å²) in [7, 11) is 3.26. The molecule has 0 spiro atoms. The quantitative estimate of drug-likeness (QED) is 0.677. The van der Waals surface area contributed by atoms with Gasteiger partial charge in [-0.25, -0.2) is 0 Å². The van der Waals surface area contributed by atoms with Crippen molar-refractivity contribution < 1.29 is 69.1 Å². The molecule has 7 heteroatoms. The van der Waals surface area contributed by atoms with E-state index in [1.165, 1.54) is 0 Å². The fourth-order valence-electron chi connectivity index (χ4n) is 1.93. The van der Waals surface area contributed by atoms with Gasteiger partial charge in [0, 0.05) is 6.04 Å². The molecule has 1 aromatic carbocycles. The van der Waals surface area contributed by atoms with Crippen molar-refractivity contribution in [2.75, 3.05) is 20.7 Å². The first-order valence-corrected chi connectivity index (χ1v) is 6.45. The van der Waals surface area contributed by atoms with E-state index in [-0.39, 0.29) is 64.0 Å². The van der Waals surface area contributed by atoms with E-state index < -0.39 is 12.4 Å². The van der Waals surface area contributed by atoms with Crippen LogP contribution in [0.5, 0.6) is 5.75 Å². The molecule has 1 unspecified atom stereocenters. The third-order valence-corrected chi connectivity index (χ3v) is 3.38. The van der Waals surface area contributed by atoms with Crippen molar-refractivity contribution in [2.24, 2.45) is 0 Å². The van der Waals surface area contributed by atoms with Crippen molar-refractivity contribution in [3.05, 3.63) is 41.9 Å². The first kappa shape index (κ1) is 21.2. The van der Waals surface area contributed by atoms with E-state index >= 15 is 0 Å². The monoisotopic (exact) mass is 325 g/mol. The van der Waals surface area contributed by atoms with Crippen molar-refractivity contribution in [3.63, 3.8) is 0 Å². The van der Waals surface area contributed by atoms with Crippen LogP contribution >= 0.6 is 0 Å². The molecule has 0 heterocycles. The third-order valence-electron chi connectivity index (χ3n) is 3.38. The zero-order valence-corrected chi connectivity index (χ0v) is 16.2. The Kier molecular flexibility index (Phi) is 9.47. The van der Waals surface area contributed by atoms with E-state index in [4.69, 9.17) is 4.74 Å². The second-order valence-electron chi connectivity index (χ2n) is 5.01. The molecule has 0 aliphatic heterocycles. The number of rotatable bonds is 7. The topological polar surface area (TPSA) is 12.5 Å². The number of hydrogen-bond donors (Lipinski definition) is 0. The summed E-state index contributed by atoms with van der Waals surface area (Å²) in [5.41, 5.74) is 0.317. The van der Waals surface area contributed by atoms with Crippen LogP contribution in [0.2, 0.25) is 0 Å². The van der Waals surface area contributed by atoms with Crippen LogP contribution in [0.1, 0.15) is 12.5 Å². The zero-order chi connectivity index (χ0) is 15.3. The number of hydrogen-bond acceptors (Lipinski definition) is 2. The molecule has 0 N–H and O–H groups in total. The summed E-state index contributed by atoms with van der Waals surface area (Å²) < 4.78 is 42.9. The summed E-state index contributed by atoms with van der Waals surface area (Å²) in [6, 6.07) is 7.49. The van der Waals surface area contributed by atoms with Gasteiger partial charge in [-0.2, -0.15) is 0 Å². The normalized spacial score (nSPS) is 12.7. The third kappa shape index (κ3) is 6.88. The minimum atomic E-state index is -4.97. The molecular formula is C14H20BF3KNO. The Morgan fingerprint density at radius 3 is 2.43 bits per heavy atom. The molecular weight excluding hydrogens is 305 g/mol. The number of halogens is 3. The molecule has 0 amide bonds. The predicted octanol–water partition coefficient (Wildman–Crippen LogP) is 0.505. The standard InChI is InChI=1S/C14H20BF3NO.K/c1-11(15(16,17)18)10-19(3)12(2)9-13-7-5-6-8-14(13)20-4;/h5-8,12H,1,9-10H2,2-4H3;/q-1;+1. The molecule has 0 saturated carbocycles. The van der Waals surface area contributed by atoms with Gasteiger partial charge in [0.2, 0.25) is 0 Å². The van der Waals surface area contributed by atoms with E-state index in [0.717, 1.165) is 11.3 Å². The minimum absolute atomic E-state index is 0. The van der Waals surface area contributed by atoms with Crippen LogP contribution in [0.15, 0.2) is 36.3 Å². The van der Waals surface area contributed by atoms with Gasteiger partial charge in [0.25, 0.3) is 0 Å². The Bertz CT molecular complexity index is 468. The van der Waals surface area contributed by atoms with Crippen molar-refractivity contribution in [2.45, 2.75) is 19.4 Å². The molecule has 112 valence electrons. The van der Waals surface area contributed by atoms with Crippen LogP contribution in [0, 0.1) is 0 Å². The largest absolute Gasteiger partial charge is 1.00 e. The van der Waals surface area contributed by atoms with E-state index in [9.17, 15) is 12.9 Å². The molecule has 0 fully saturated rings. The van der Waals surface area contributed by atoms with Crippen LogP contribution in [-0.4, -0.2) is 38.6 Å². The molecule has 0 radical (unpaired) electrons. The molecule has 2 nitrogen and oxygen atoms in total. The van der Waals surface area contributed by atoms with Gasteiger partial charge in [-0.05, 0) is 38.6 Å². The summed E-state index contributed by atoms with van der Waals surface area (Å²) >= 11 is 0. The van der Waals surface area contributed by atoms with Gasteiger partial charge in [0.05, 0.1) is 7.11 Å². The Morgan fingerprint density at radius 1 is 1.33 bits per heavy atom. The van der Waals surface area contributed by atoms with Gasteiger partial charge in [0.15, 0.2) is 0 Å². The maximum Gasteiger partial charge on any atom is 1.00 e. The SMILES string of the molecule is C=C(CN(C)C(C)Cc1ccccc1OC)[B-](F)(F)F.[K+]. The predicted molar refractivity (Wildman–Crippen MR) is 77.0 cm³/mol. The molecule has 0 aliphatic rings. The Balaban J connectivity index is 0.00000400. The van der Waals surface area contributed by atoms with Gasteiger partial charge in [0.1, 0.15) is 5.75 Å². The maximum absolute atomic E-state index is 12.5. The van der Waals surface area contributed by atoms with E-state index in [2.05, 4.69) is 6.58 Å².